The largest absolute Gasteiger partial charge is 0.416 e. The zero-order chi connectivity index (χ0) is 21.6. The lowest BCUT2D eigenvalue weighted by atomic mass is 10.1. The molecule has 2 aromatic carbocycles. The summed E-state index contributed by atoms with van der Waals surface area (Å²) in [7, 11) is 1.61. The van der Waals surface area contributed by atoms with E-state index in [1.807, 2.05) is 29.2 Å². The summed E-state index contributed by atoms with van der Waals surface area (Å²) in [4.78, 5) is 17.7. The van der Waals surface area contributed by atoms with E-state index in [1.54, 1.807) is 13.1 Å². The summed E-state index contributed by atoms with van der Waals surface area (Å²) >= 11 is 0. The molecule has 30 heavy (non-hydrogen) atoms. The number of hydrogen-bond acceptors (Lipinski definition) is 2. The van der Waals surface area contributed by atoms with E-state index < -0.39 is 11.7 Å². The molecular formula is C22H25F3N4O. The Hall–Kier alpha value is -3.03. The van der Waals surface area contributed by atoms with Gasteiger partial charge in [0.05, 0.1) is 5.56 Å². The smallest absolute Gasteiger partial charge is 0.352 e. The Labute approximate surface area is 174 Å². The van der Waals surface area contributed by atoms with Crippen molar-refractivity contribution in [3.05, 3.63) is 70.8 Å². The second kappa shape index (κ2) is 9.65. The maximum absolute atomic E-state index is 12.8. The Morgan fingerprint density at radius 3 is 2.30 bits per heavy atom. The lowest BCUT2D eigenvalue weighted by Crippen LogP contribution is -2.36. The van der Waals surface area contributed by atoms with Crippen LogP contribution in [0, 0.1) is 0 Å². The fourth-order valence-corrected chi connectivity index (χ4v) is 3.30. The highest BCUT2D eigenvalue weighted by Crippen LogP contribution is 2.29. The van der Waals surface area contributed by atoms with Crippen LogP contribution in [-0.2, 0) is 30.6 Å². The summed E-state index contributed by atoms with van der Waals surface area (Å²) in [5, 5.41) is 6.18. The summed E-state index contributed by atoms with van der Waals surface area (Å²) in [6.07, 6.45) is -2.80. The van der Waals surface area contributed by atoms with Gasteiger partial charge in [0.25, 0.3) is 0 Å². The van der Waals surface area contributed by atoms with Crippen molar-refractivity contribution in [2.75, 3.05) is 13.6 Å². The van der Waals surface area contributed by atoms with Crippen LogP contribution in [0.3, 0.4) is 0 Å². The molecule has 1 heterocycles. The van der Waals surface area contributed by atoms with Crippen molar-refractivity contribution in [2.45, 2.75) is 38.7 Å². The van der Waals surface area contributed by atoms with Crippen LogP contribution in [0.1, 0.15) is 35.1 Å². The Balaban J connectivity index is 1.49. The lowest BCUT2D eigenvalue weighted by Gasteiger charge is -2.16. The number of likely N-dealkylation sites (tertiary alicyclic amines) is 1. The van der Waals surface area contributed by atoms with Gasteiger partial charge >= 0.3 is 6.18 Å². The molecule has 3 rings (SSSR count). The highest BCUT2D eigenvalue weighted by Gasteiger charge is 2.30. The molecule has 1 amide bonds. The van der Waals surface area contributed by atoms with Crippen molar-refractivity contribution in [2.24, 2.45) is 4.99 Å². The van der Waals surface area contributed by atoms with Crippen molar-refractivity contribution in [1.29, 1.82) is 0 Å². The number of carbonyl (C=O) groups is 1. The molecule has 0 unspecified atom stereocenters. The topological polar surface area (TPSA) is 56.7 Å². The average Bonchev–Trinajstić information content (AvgIpc) is 3.13. The molecule has 5 nitrogen and oxygen atoms in total. The maximum atomic E-state index is 12.8. The zero-order valence-electron chi connectivity index (χ0n) is 16.8. The van der Waals surface area contributed by atoms with Gasteiger partial charge in [-0.1, -0.05) is 36.4 Å². The maximum Gasteiger partial charge on any atom is 0.416 e. The van der Waals surface area contributed by atoms with Crippen LogP contribution in [0.25, 0.3) is 0 Å². The Morgan fingerprint density at radius 2 is 1.70 bits per heavy atom. The Kier molecular flexibility index (Phi) is 6.97. The van der Waals surface area contributed by atoms with Crippen molar-refractivity contribution < 1.29 is 18.0 Å². The van der Waals surface area contributed by atoms with Gasteiger partial charge in [-0.25, -0.2) is 0 Å². The van der Waals surface area contributed by atoms with Crippen LogP contribution in [0.15, 0.2) is 53.5 Å². The first kappa shape index (κ1) is 21.7. The number of rotatable bonds is 6. The summed E-state index contributed by atoms with van der Waals surface area (Å²) < 4.78 is 38.5. The van der Waals surface area contributed by atoms with E-state index in [1.165, 1.54) is 6.07 Å². The number of hydrogen-bond donors (Lipinski definition) is 2. The van der Waals surface area contributed by atoms with Gasteiger partial charge in [-0.05, 0) is 35.2 Å². The van der Waals surface area contributed by atoms with Crippen LogP contribution >= 0.6 is 0 Å². The van der Waals surface area contributed by atoms with Crippen LogP contribution in [0.2, 0.25) is 0 Å². The Morgan fingerprint density at radius 1 is 1.03 bits per heavy atom. The minimum atomic E-state index is -4.36. The van der Waals surface area contributed by atoms with Crippen LogP contribution < -0.4 is 10.6 Å². The quantitative estimate of drug-likeness (QED) is 0.556. The Bertz CT molecular complexity index is 894. The molecular weight excluding hydrogens is 393 g/mol. The lowest BCUT2D eigenvalue weighted by molar-refractivity contribution is -0.137. The molecule has 8 heteroatoms. The van der Waals surface area contributed by atoms with E-state index >= 15 is 0 Å². The van der Waals surface area contributed by atoms with Gasteiger partial charge in [-0.2, -0.15) is 13.2 Å². The van der Waals surface area contributed by atoms with Crippen molar-refractivity contribution in [1.82, 2.24) is 15.5 Å². The average molecular weight is 418 g/mol. The SMILES string of the molecule is CN=C(NCc1ccc(CN2CCCC2=O)cc1)NCc1cccc(C(F)(F)F)c1. The molecule has 0 radical (unpaired) electrons. The molecule has 0 aliphatic carbocycles. The van der Waals surface area contributed by atoms with Crippen LogP contribution in [0.4, 0.5) is 13.2 Å². The predicted molar refractivity (Wildman–Crippen MR) is 110 cm³/mol. The highest BCUT2D eigenvalue weighted by atomic mass is 19.4. The molecule has 2 aromatic rings. The van der Waals surface area contributed by atoms with E-state index in [9.17, 15) is 18.0 Å². The minimum Gasteiger partial charge on any atom is -0.352 e. The number of nitrogens with one attached hydrogen (secondary N) is 2. The summed E-state index contributed by atoms with van der Waals surface area (Å²) in [5.41, 5.74) is 1.98. The number of guanidine groups is 1. The fourth-order valence-electron chi connectivity index (χ4n) is 3.30. The number of carbonyl (C=O) groups excluding carboxylic acids is 1. The molecule has 1 saturated heterocycles. The highest BCUT2D eigenvalue weighted by molar-refractivity contribution is 5.79. The van der Waals surface area contributed by atoms with E-state index in [0.717, 1.165) is 36.2 Å². The van der Waals surface area contributed by atoms with Crippen molar-refractivity contribution in [3.63, 3.8) is 0 Å². The minimum absolute atomic E-state index is 0.205. The van der Waals surface area contributed by atoms with Gasteiger partial charge in [0, 0.05) is 39.6 Å². The third-order valence-corrected chi connectivity index (χ3v) is 4.97. The van der Waals surface area contributed by atoms with Gasteiger partial charge in [0.2, 0.25) is 5.91 Å². The molecule has 1 aliphatic heterocycles. The molecule has 0 saturated carbocycles. The van der Waals surface area contributed by atoms with Crippen LogP contribution in [-0.4, -0.2) is 30.4 Å². The van der Waals surface area contributed by atoms with Gasteiger partial charge in [0.1, 0.15) is 0 Å². The zero-order valence-corrected chi connectivity index (χ0v) is 16.8. The molecule has 0 bridgehead atoms. The van der Waals surface area contributed by atoms with E-state index in [0.29, 0.717) is 31.0 Å². The number of amides is 1. The fraction of sp³-hybridized carbons (Fsp3) is 0.364. The molecule has 2 N–H and O–H groups in total. The second-order valence-corrected chi connectivity index (χ2v) is 7.21. The van der Waals surface area contributed by atoms with Gasteiger partial charge in [-0.15, -0.1) is 0 Å². The summed E-state index contributed by atoms with van der Waals surface area (Å²) in [6.45, 7) is 2.19. The molecule has 0 spiro atoms. The number of halogens is 3. The molecule has 0 aromatic heterocycles. The number of nitrogens with zero attached hydrogens (tertiary/aromatic N) is 2. The monoisotopic (exact) mass is 418 g/mol. The van der Waals surface area contributed by atoms with Gasteiger partial charge in [0.15, 0.2) is 5.96 Å². The van der Waals surface area contributed by atoms with Crippen molar-refractivity contribution in [3.8, 4) is 0 Å². The summed E-state index contributed by atoms with van der Waals surface area (Å²) in [5.74, 6) is 0.704. The molecule has 1 fully saturated rings. The number of alkyl halides is 3. The first-order valence-corrected chi connectivity index (χ1v) is 9.81. The van der Waals surface area contributed by atoms with Gasteiger partial charge in [-0.3, -0.25) is 9.79 Å². The number of benzene rings is 2. The van der Waals surface area contributed by atoms with Crippen molar-refractivity contribution >= 4 is 11.9 Å². The first-order valence-electron chi connectivity index (χ1n) is 9.81. The van der Waals surface area contributed by atoms with E-state index in [-0.39, 0.29) is 12.5 Å². The molecule has 160 valence electrons. The third kappa shape index (κ3) is 5.98. The number of aliphatic imine (C=N–C) groups is 1. The first-order chi connectivity index (χ1) is 14.3. The predicted octanol–water partition coefficient (Wildman–Crippen LogP) is 3.69. The summed E-state index contributed by atoms with van der Waals surface area (Å²) in [6, 6.07) is 13.2. The second-order valence-electron chi connectivity index (χ2n) is 7.21. The molecule has 0 atom stereocenters. The van der Waals surface area contributed by atoms with Gasteiger partial charge < -0.3 is 15.5 Å². The van der Waals surface area contributed by atoms with E-state index in [2.05, 4.69) is 15.6 Å². The van der Waals surface area contributed by atoms with E-state index in [4.69, 9.17) is 0 Å². The standard InChI is InChI=1S/C22H25F3N4O/c1-26-21(28-14-18-4-2-5-19(12-18)22(23,24)25)27-13-16-7-9-17(10-8-16)15-29-11-3-6-20(29)30/h2,4-5,7-10,12H,3,6,11,13-15H2,1H3,(H2,26,27,28). The third-order valence-electron chi connectivity index (χ3n) is 4.97. The normalized spacial score (nSPS) is 14.9. The molecule has 1 aliphatic rings. The van der Waals surface area contributed by atoms with Crippen LogP contribution in [0.5, 0.6) is 0 Å².